The SMILES string of the molecule is CCCCCCc1nc(-c2nc(CCCCCC)c(-c3ccc(-c4cc5c(s4)-c4sc(C)cc4C5(CC(CC)CCCC)CC(CC)CCCC)s3)s2)sc1-c1ccc(C)s1.CCCCCCc1nc(-c2nc(CCCCCC)c(-c3ccc(-c4cc5c(s4)-c4sc(C)cc4[Si]5(CCCCCC)CCCCCC)s3)s2)sc1-c1ccc(C)s1. The number of unbranched alkanes of at least 4 members (excludes halogenated alkanes) is 20. The molecular weight excluding hydrogens is 1680 g/mol. The van der Waals surface area contributed by atoms with Crippen LogP contribution in [0.2, 0.25) is 12.1 Å². The maximum Gasteiger partial charge on any atom is 0.153 e. The summed E-state index contributed by atoms with van der Waals surface area (Å²) in [5, 5.41) is 8.02. The second-order valence-electron chi connectivity index (χ2n) is 34.5. The van der Waals surface area contributed by atoms with Crippen molar-refractivity contribution in [3.8, 4) is 98.1 Å². The molecule has 0 bridgehead atoms. The summed E-state index contributed by atoms with van der Waals surface area (Å²) >= 11 is 23.7. The van der Waals surface area contributed by atoms with Crippen molar-refractivity contribution < 1.29 is 0 Å². The fourth-order valence-electron chi connectivity index (χ4n) is 18.6. The first-order valence-corrected chi connectivity index (χ1v) is 58.7. The molecule has 0 fully saturated rings. The van der Waals surface area contributed by atoms with Crippen molar-refractivity contribution in [2.75, 3.05) is 0 Å². The third-order valence-corrected chi connectivity index (χ3v) is 45.5. The fourth-order valence-corrected chi connectivity index (χ4v) is 39.4. The Kier molecular flexibility index (Phi) is 35.1. The molecule has 2 unspecified atom stereocenters. The number of thiazole rings is 4. The lowest BCUT2D eigenvalue weighted by molar-refractivity contribution is 0.266. The van der Waals surface area contributed by atoms with Crippen molar-refractivity contribution in [3.63, 3.8) is 0 Å². The number of thiophene rings is 8. The second kappa shape index (κ2) is 45.0. The Morgan fingerprint density at radius 2 is 0.593 bits per heavy atom. The van der Waals surface area contributed by atoms with Crippen molar-refractivity contribution in [2.45, 2.75) is 358 Å². The van der Waals surface area contributed by atoms with Crippen LogP contribution in [0.4, 0.5) is 0 Å². The highest BCUT2D eigenvalue weighted by Gasteiger charge is 2.49. The first kappa shape index (κ1) is 92.0. The average Bonchev–Trinajstić information content (AvgIpc) is 1.55. The largest absolute Gasteiger partial charge is 0.238 e. The summed E-state index contributed by atoms with van der Waals surface area (Å²) in [5.41, 5.74) is 8.57. The van der Waals surface area contributed by atoms with Gasteiger partial charge in [-0.05, 0) is 210 Å². The minimum atomic E-state index is -1.81. The molecule has 0 N–H and O–H groups in total. The zero-order valence-electron chi connectivity index (χ0n) is 74.1. The number of nitrogens with zero attached hydrogens (tertiary/aromatic N) is 4. The molecule has 2 aliphatic rings. The fraction of sp³-hybridized carbons (Fsp3) is 0.564. The molecule has 0 saturated heterocycles. The van der Waals surface area contributed by atoms with Gasteiger partial charge in [-0.2, -0.15) is 0 Å². The van der Waals surface area contributed by atoms with E-state index in [1.807, 2.05) is 90.7 Å². The van der Waals surface area contributed by atoms with E-state index in [1.165, 1.54) is 331 Å². The van der Waals surface area contributed by atoms with Crippen LogP contribution in [0.25, 0.3) is 98.1 Å². The molecule has 4 nitrogen and oxygen atoms in total. The molecule has 1 aliphatic heterocycles. The van der Waals surface area contributed by atoms with Crippen LogP contribution < -0.4 is 10.4 Å². The number of rotatable bonds is 50. The zero-order chi connectivity index (χ0) is 82.7. The molecule has 118 heavy (non-hydrogen) atoms. The predicted octanol–water partition coefficient (Wildman–Crippen LogP) is 36.9. The number of aryl methyl sites for hydroxylation is 8. The van der Waals surface area contributed by atoms with Crippen molar-refractivity contribution >= 4 is 154 Å². The molecule has 0 aromatic carbocycles. The normalized spacial score (nSPS) is 14.6. The van der Waals surface area contributed by atoms with E-state index < -0.39 is 8.07 Å². The summed E-state index contributed by atoms with van der Waals surface area (Å²) < 4.78 is 0. The minimum absolute atomic E-state index is 0.120. The quantitative estimate of drug-likeness (QED) is 0.0282. The highest BCUT2D eigenvalue weighted by molar-refractivity contribution is 7.34. The van der Waals surface area contributed by atoms with E-state index in [-0.39, 0.29) is 5.41 Å². The highest BCUT2D eigenvalue weighted by atomic mass is 32.1. The summed E-state index contributed by atoms with van der Waals surface area (Å²) in [5.74, 6) is 1.52. The molecule has 14 rings (SSSR count). The molecule has 0 radical (unpaired) electrons. The van der Waals surface area contributed by atoms with E-state index in [9.17, 15) is 0 Å². The maximum atomic E-state index is 5.48. The predicted molar refractivity (Wildman–Crippen MR) is 543 cm³/mol. The number of hydrogen-bond acceptors (Lipinski definition) is 16. The van der Waals surface area contributed by atoms with E-state index in [0.717, 1.165) is 57.5 Å². The highest BCUT2D eigenvalue weighted by Crippen LogP contribution is 2.63. The average molecular weight is 1820 g/mol. The van der Waals surface area contributed by atoms with Crippen LogP contribution in [0.3, 0.4) is 0 Å². The van der Waals surface area contributed by atoms with Gasteiger partial charge in [-0.15, -0.1) is 136 Å². The van der Waals surface area contributed by atoms with Crippen molar-refractivity contribution in [2.24, 2.45) is 11.8 Å². The van der Waals surface area contributed by atoms with Crippen molar-refractivity contribution in [1.29, 1.82) is 0 Å². The molecule has 1 aliphatic carbocycles. The van der Waals surface area contributed by atoms with Crippen LogP contribution in [-0.2, 0) is 31.1 Å². The monoisotopic (exact) mass is 1820 g/mol. The molecule has 0 amide bonds. The lowest BCUT2D eigenvalue weighted by Crippen LogP contribution is -2.54. The van der Waals surface area contributed by atoms with Gasteiger partial charge in [0.1, 0.15) is 8.07 Å². The Bertz CT molecular complexity index is 5030. The van der Waals surface area contributed by atoms with Gasteiger partial charge in [0.05, 0.1) is 42.3 Å². The molecule has 636 valence electrons. The molecule has 12 aromatic rings. The third kappa shape index (κ3) is 21.9. The Labute approximate surface area is 761 Å². The third-order valence-electron chi connectivity index (χ3n) is 25.2. The summed E-state index contributed by atoms with van der Waals surface area (Å²) in [6.07, 6.45) is 48.3. The van der Waals surface area contributed by atoms with Gasteiger partial charge in [0.2, 0.25) is 0 Å². The van der Waals surface area contributed by atoms with Gasteiger partial charge in [-0.25, -0.2) is 19.9 Å². The summed E-state index contributed by atoms with van der Waals surface area (Å²) in [7, 11) is -1.81. The van der Waals surface area contributed by atoms with Crippen LogP contribution in [0.15, 0.2) is 72.8 Å². The summed E-state index contributed by atoms with van der Waals surface area (Å²) in [6, 6.07) is 32.3. The molecule has 12 aromatic heterocycles. The summed E-state index contributed by atoms with van der Waals surface area (Å²) in [6.45, 7) is 32.7. The van der Waals surface area contributed by atoms with E-state index in [0.29, 0.717) is 0 Å². The van der Waals surface area contributed by atoms with Gasteiger partial charge >= 0.3 is 0 Å². The Balaban J connectivity index is 0.000000205. The van der Waals surface area contributed by atoms with Crippen LogP contribution in [0, 0.1) is 39.5 Å². The topological polar surface area (TPSA) is 51.6 Å². The van der Waals surface area contributed by atoms with Crippen molar-refractivity contribution in [3.05, 3.63) is 126 Å². The smallest absolute Gasteiger partial charge is 0.153 e. The van der Waals surface area contributed by atoms with E-state index in [2.05, 4.69) is 215 Å². The Morgan fingerprint density at radius 1 is 0.271 bits per heavy atom. The lowest BCUT2D eigenvalue weighted by Gasteiger charge is -2.37. The lowest BCUT2D eigenvalue weighted by atomic mass is 9.65. The molecule has 0 saturated carbocycles. The number of fused-ring (bicyclic) bond motifs is 6. The maximum absolute atomic E-state index is 5.48. The standard InChI is InChI=1S/C53H72N2S6.C48H64N2S6Si/c1-9-15-19-21-25-41-49(44-28-27-35(7)56-44)60-51(54-41)52-55-42(26-22-20-16-10-2)50(61-52)45-30-29-43(58-45)46-32-40-48(59-46)47-39(31-36(8)57-47)53(40,33-37(13-5)23-17-11-3)34-38(14-6)24-18-12-4;1-7-11-15-19-23-35-43(38-26-25-33(5)51-38)55-47(49-35)48-50-36(24-20-16-12-8-2)44(56-48)39-28-27-37(53-39)40-32-42-46(54-40)45-41(31-34(6)52-45)57(42,29-21-17-13-9-3)30-22-18-14-10-4/h27-32,37-38H,9-26,33-34H2,1-8H3;25-28,31-32H,7-24,29-30H2,1-6H3. The second-order valence-corrected chi connectivity index (χ2v) is 52.1. The molecule has 17 heteroatoms. The first-order valence-electron chi connectivity index (χ1n) is 46.5. The van der Waals surface area contributed by atoms with Crippen LogP contribution >= 0.6 is 136 Å². The van der Waals surface area contributed by atoms with Gasteiger partial charge in [0, 0.05) is 83.4 Å². The van der Waals surface area contributed by atoms with Gasteiger partial charge < -0.3 is 0 Å². The van der Waals surface area contributed by atoms with E-state index >= 15 is 0 Å². The van der Waals surface area contributed by atoms with Crippen LogP contribution in [-0.4, -0.2) is 28.0 Å². The molecule has 13 heterocycles. The minimum Gasteiger partial charge on any atom is -0.238 e. The van der Waals surface area contributed by atoms with Crippen LogP contribution in [0.5, 0.6) is 0 Å². The van der Waals surface area contributed by atoms with Gasteiger partial charge in [-0.3, -0.25) is 0 Å². The van der Waals surface area contributed by atoms with Crippen molar-refractivity contribution in [1.82, 2.24) is 19.9 Å². The first-order chi connectivity index (χ1) is 57.6. The van der Waals surface area contributed by atoms with Gasteiger partial charge in [0.25, 0.3) is 0 Å². The molecule has 2 atom stereocenters. The van der Waals surface area contributed by atoms with Crippen LogP contribution in [0.1, 0.15) is 341 Å². The molecule has 0 spiro atoms. The summed E-state index contributed by atoms with van der Waals surface area (Å²) in [4.78, 5) is 50.6. The zero-order valence-corrected chi connectivity index (χ0v) is 84.9. The Hall–Kier alpha value is -3.66. The number of hydrogen-bond donors (Lipinski definition) is 0. The van der Waals surface area contributed by atoms with Gasteiger partial charge in [0.15, 0.2) is 20.0 Å². The van der Waals surface area contributed by atoms with E-state index in [1.54, 1.807) is 41.0 Å². The van der Waals surface area contributed by atoms with E-state index in [4.69, 9.17) is 19.9 Å². The Morgan fingerprint density at radius 3 is 0.983 bits per heavy atom. The number of aromatic nitrogens is 4. The molecular formula is C101H136N4S12Si. The van der Waals surface area contributed by atoms with Gasteiger partial charge in [-0.1, -0.05) is 249 Å².